The van der Waals surface area contributed by atoms with Crippen LogP contribution >= 0.6 is 11.8 Å². The summed E-state index contributed by atoms with van der Waals surface area (Å²) < 4.78 is 0. The first-order chi connectivity index (χ1) is 10.8. The first-order valence-corrected chi connectivity index (χ1v) is 7.81. The van der Waals surface area contributed by atoms with Crippen molar-refractivity contribution >= 4 is 39.8 Å². The molecule has 7 nitrogen and oxygen atoms in total. The number of hydrogen-bond donors (Lipinski definition) is 3. The fraction of sp³-hybridized carbons (Fsp3) is 0.143. The number of nitrogens with zero attached hydrogens (tertiary/aromatic N) is 4. The Labute approximate surface area is 129 Å². The zero-order valence-corrected chi connectivity index (χ0v) is 12.4. The molecule has 0 aliphatic heterocycles. The van der Waals surface area contributed by atoms with Gasteiger partial charge in [0.25, 0.3) is 0 Å². The van der Waals surface area contributed by atoms with Crippen molar-refractivity contribution in [2.24, 2.45) is 0 Å². The molecular formula is C14H13N7S. The maximum Gasteiger partial charge on any atom is 0.183 e. The largest absolute Gasteiger partial charge is 0.382 e. The van der Waals surface area contributed by atoms with Gasteiger partial charge in [-0.3, -0.25) is 0 Å². The van der Waals surface area contributed by atoms with E-state index >= 15 is 0 Å². The van der Waals surface area contributed by atoms with Crippen molar-refractivity contribution in [3.05, 3.63) is 36.4 Å². The van der Waals surface area contributed by atoms with Gasteiger partial charge in [-0.25, -0.2) is 19.9 Å². The molecule has 0 fully saturated rings. The third-order valence-corrected chi connectivity index (χ3v) is 4.19. The number of aromatic nitrogens is 6. The average molecular weight is 311 g/mol. The Morgan fingerprint density at radius 1 is 1.09 bits per heavy atom. The second kappa shape index (κ2) is 5.30. The summed E-state index contributed by atoms with van der Waals surface area (Å²) in [7, 11) is 0. The molecule has 0 aliphatic carbocycles. The van der Waals surface area contributed by atoms with Crippen molar-refractivity contribution in [2.75, 3.05) is 11.5 Å². The highest BCUT2D eigenvalue weighted by Gasteiger charge is 2.08. The number of benzene rings is 1. The molecule has 0 amide bonds. The van der Waals surface area contributed by atoms with Crippen LogP contribution in [0.2, 0.25) is 0 Å². The third-order valence-electron chi connectivity index (χ3n) is 3.31. The predicted octanol–water partition coefficient (Wildman–Crippen LogP) is 2.15. The number of imidazole rings is 2. The molecule has 0 atom stereocenters. The summed E-state index contributed by atoms with van der Waals surface area (Å²) in [5.74, 6) is 2.25. The molecule has 8 heteroatoms. The summed E-state index contributed by atoms with van der Waals surface area (Å²) in [6.07, 6.45) is 2.25. The molecule has 0 aliphatic rings. The zero-order valence-electron chi connectivity index (χ0n) is 11.6. The van der Waals surface area contributed by atoms with Crippen LogP contribution < -0.4 is 5.73 Å². The van der Waals surface area contributed by atoms with E-state index in [-0.39, 0.29) is 0 Å². The number of hydrogen-bond acceptors (Lipinski definition) is 6. The normalized spacial score (nSPS) is 11.5. The van der Waals surface area contributed by atoms with E-state index in [9.17, 15) is 0 Å². The van der Waals surface area contributed by atoms with Crippen LogP contribution in [0.3, 0.4) is 0 Å². The van der Waals surface area contributed by atoms with Crippen LogP contribution in [-0.2, 0) is 6.42 Å². The molecule has 4 N–H and O–H groups in total. The van der Waals surface area contributed by atoms with E-state index in [0.717, 1.165) is 34.2 Å². The Morgan fingerprint density at radius 3 is 2.86 bits per heavy atom. The smallest absolute Gasteiger partial charge is 0.183 e. The first-order valence-electron chi connectivity index (χ1n) is 6.82. The summed E-state index contributed by atoms with van der Waals surface area (Å²) in [4.78, 5) is 23.5. The van der Waals surface area contributed by atoms with Gasteiger partial charge in [-0.05, 0) is 12.1 Å². The highest BCUT2D eigenvalue weighted by Crippen LogP contribution is 2.21. The van der Waals surface area contributed by atoms with Gasteiger partial charge < -0.3 is 15.7 Å². The molecular weight excluding hydrogens is 298 g/mol. The molecule has 4 rings (SSSR count). The maximum absolute atomic E-state index is 5.79. The molecule has 3 heterocycles. The van der Waals surface area contributed by atoms with Crippen molar-refractivity contribution in [3.8, 4) is 0 Å². The van der Waals surface area contributed by atoms with Gasteiger partial charge in [0, 0.05) is 12.2 Å². The Morgan fingerprint density at radius 2 is 2.00 bits per heavy atom. The molecule has 0 saturated carbocycles. The van der Waals surface area contributed by atoms with Crippen LogP contribution in [0.1, 0.15) is 5.82 Å². The number of para-hydroxylation sites is 2. The van der Waals surface area contributed by atoms with Crippen LogP contribution in [-0.4, -0.2) is 35.7 Å². The average Bonchev–Trinajstić information content (AvgIpc) is 3.11. The molecule has 110 valence electrons. The summed E-state index contributed by atoms with van der Waals surface area (Å²) in [6, 6.07) is 8.02. The minimum atomic E-state index is 0.418. The van der Waals surface area contributed by atoms with Gasteiger partial charge in [-0.2, -0.15) is 0 Å². The van der Waals surface area contributed by atoms with Crippen molar-refractivity contribution in [1.82, 2.24) is 29.9 Å². The summed E-state index contributed by atoms with van der Waals surface area (Å²) >= 11 is 1.61. The second-order valence-electron chi connectivity index (χ2n) is 4.80. The quantitative estimate of drug-likeness (QED) is 0.498. The van der Waals surface area contributed by atoms with Crippen molar-refractivity contribution in [1.29, 1.82) is 0 Å². The highest BCUT2D eigenvalue weighted by atomic mass is 32.2. The topological polar surface area (TPSA) is 109 Å². The first kappa shape index (κ1) is 13.1. The summed E-state index contributed by atoms with van der Waals surface area (Å²) in [5.41, 5.74) is 9.13. The van der Waals surface area contributed by atoms with Crippen LogP contribution in [0.5, 0.6) is 0 Å². The Balaban J connectivity index is 1.46. The standard InChI is InChI=1S/C14H13N7S/c15-12-11-13(17-7-16-12)21-14(20-11)22-6-5-10-18-8-3-1-2-4-9(8)19-10/h1-4,7H,5-6H2,(H,18,19)(H3,15,16,17,20,21). The molecule has 3 aromatic heterocycles. The summed E-state index contributed by atoms with van der Waals surface area (Å²) in [5, 5.41) is 0.790. The summed E-state index contributed by atoms with van der Waals surface area (Å²) in [6.45, 7) is 0. The fourth-order valence-electron chi connectivity index (χ4n) is 2.26. The lowest BCUT2D eigenvalue weighted by Crippen LogP contribution is -1.92. The van der Waals surface area contributed by atoms with Gasteiger partial charge in [-0.1, -0.05) is 23.9 Å². The Hall–Kier alpha value is -2.61. The Bertz CT molecular complexity index is 910. The third kappa shape index (κ3) is 2.37. The zero-order chi connectivity index (χ0) is 14.9. The minimum Gasteiger partial charge on any atom is -0.382 e. The van der Waals surface area contributed by atoms with Gasteiger partial charge in [-0.15, -0.1) is 0 Å². The van der Waals surface area contributed by atoms with Crippen LogP contribution in [0.25, 0.3) is 22.2 Å². The molecule has 0 spiro atoms. The molecule has 0 unspecified atom stereocenters. The van der Waals surface area contributed by atoms with E-state index in [1.807, 2.05) is 24.3 Å². The number of anilines is 1. The van der Waals surface area contributed by atoms with E-state index in [4.69, 9.17) is 5.73 Å². The van der Waals surface area contributed by atoms with Gasteiger partial charge in [0.05, 0.1) is 11.0 Å². The van der Waals surface area contributed by atoms with E-state index in [1.54, 1.807) is 11.8 Å². The number of aromatic amines is 2. The number of aryl methyl sites for hydroxylation is 1. The van der Waals surface area contributed by atoms with Gasteiger partial charge in [0.1, 0.15) is 17.7 Å². The monoisotopic (exact) mass is 311 g/mol. The molecule has 0 radical (unpaired) electrons. The number of nitrogen functional groups attached to an aromatic ring is 1. The number of nitrogens with two attached hydrogens (primary N) is 1. The molecule has 4 aromatic rings. The lowest BCUT2D eigenvalue weighted by Gasteiger charge is -1.95. The number of H-pyrrole nitrogens is 2. The molecule has 22 heavy (non-hydrogen) atoms. The lowest BCUT2D eigenvalue weighted by molar-refractivity contribution is 0.999. The minimum absolute atomic E-state index is 0.418. The van der Waals surface area contributed by atoms with Crippen molar-refractivity contribution < 1.29 is 0 Å². The molecule has 0 saturated heterocycles. The van der Waals surface area contributed by atoms with Crippen molar-refractivity contribution in [2.45, 2.75) is 11.6 Å². The van der Waals surface area contributed by atoms with E-state index < -0.39 is 0 Å². The number of nitrogens with one attached hydrogen (secondary N) is 2. The SMILES string of the molecule is Nc1ncnc2nc(SCCc3nc4ccccc4[nH]3)[nH]c12. The van der Waals surface area contributed by atoms with Crippen molar-refractivity contribution in [3.63, 3.8) is 0 Å². The molecule has 0 bridgehead atoms. The fourth-order valence-corrected chi connectivity index (χ4v) is 3.08. The van der Waals surface area contributed by atoms with E-state index in [1.165, 1.54) is 6.33 Å². The van der Waals surface area contributed by atoms with Gasteiger partial charge in [0.2, 0.25) is 0 Å². The second-order valence-corrected chi connectivity index (χ2v) is 5.88. The number of fused-ring (bicyclic) bond motifs is 2. The number of rotatable bonds is 4. The van der Waals surface area contributed by atoms with Gasteiger partial charge >= 0.3 is 0 Å². The van der Waals surface area contributed by atoms with Gasteiger partial charge in [0.15, 0.2) is 16.6 Å². The van der Waals surface area contributed by atoms with Crippen LogP contribution in [0, 0.1) is 0 Å². The predicted molar refractivity (Wildman–Crippen MR) is 86.6 cm³/mol. The van der Waals surface area contributed by atoms with E-state index in [0.29, 0.717) is 17.0 Å². The molecule has 1 aromatic carbocycles. The van der Waals surface area contributed by atoms with E-state index in [2.05, 4.69) is 29.9 Å². The lowest BCUT2D eigenvalue weighted by atomic mass is 10.3. The van der Waals surface area contributed by atoms with Crippen LogP contribution in [0.4, 0.5) is 5.82 Å². The maximum atomic E-state index is 5.79. The highest BCUT2D eigenvalue weighted by molar-refractivity contribution is 7.99. The van der Waals surface area contributed by atoms with Crippen LogP contribution in [0.15, 0.2) is 35.7 Å². The Kier molecular flexibility index (Phi) is 3.15. The number of thioether (sulfide) groups is 1.